The molecule has 2 aromatic carbocycles. The molecule has 0 unspecified atom stereocenters. The van der Waals surface area contributed by atoms with Gasteiger partial charge in [0.1, 0.15) is 4.83 Å². The Morgan fingerprint density at radius 3 is 2.45 bits per heavy atom. The molecule has 1 amide bonds. The van der Waals surface area contributed by atoms with Gasteiger partial charge in [0.15, 0.2) is 5.78 Å². The Labute approximate surface area is 176 Å². The van der Waals surface area contributed by atoms with Gasteiger partial charge in [0, 0.05) is 21.7 Å². The number of Topliss-reactive ketones (excluding diaryl/α,β-unsaturated/α-hetero) is 1. The third-order valence-corrected chi connectivity index (χ3v) is 6.03. The predicted octanol–water partition coefficient (Wildman–Crippen LogP) is 5.56. The Morgan fingerprint density at radius 2 is 1.79 bits per heavy atom. The SMILES string of the molecule is CC(=O)c1ccc(NC(=O)c2cc3c(C)nn(Cc4ccc(Cl)cc4)c3s2)cc1. The first kappa shape index (κ1) is 19.4. The third-order valence-electron chi connectivity index (χ3n) is 4.63. The first-order valence-corrected chi connectivity index (χ1v) is 10.2. The number of benzene rings is 2. The molecule has 0 saturated carbocycles. The van der Waals surface area contributed by atoms with E-state index < -0.39 is 0 Å². The number of aryl methyl sites for hydroxylation is 1. The molecule has 0 radical (unpaired) electrons. The maximum absolute atomic E-state index is 12.7. The molecule has 0 aliphatic carbocycles. The maximum atomic E-state index is 12.7. The van der Waals surface area contributed by atoms with Crippen LogP contribution in [0.25, 0.3) is 10.2 Å². The smallest absolute Gasteiger partial charge is 0.265 e. The van der Waals surface area contributed by atoms with Gasteiger partial charge in [-0.1, -0.05) is 23.7 Å². The zero-order chi connectivity index (χ0) is 20.5. The lowest BCUT2D eigenvalue weighted by Gasteiger charge is -2.05. The fourth-order valence-corrected chi connectivity index (χ4v) is 4.26. The van der Waals surface area contributed by atoms with Crippen molar-refractivity contribution >= 4 is 50.5 Å². The molecular weight excluding hydrogens is 406 g/mol. The summed E-state index contributed by atoms with van der Waals surface area (Å²) in [6, 6.07) is 16.4. The molecule has 0 aliphatic heterocycles. The summed E-state index contributed by atoms with van der Waals surface area (Å²) in [5, 5.41) is 9.16. The van der Waals surface area contributed by atoms with E-state index in [1.54, 1.807) is 24.3 Å². The van der Waals surface area contributed by atoms with Gasteiger partial charge >= 0.3 is 0 Å². The molecule has 0 spiro atoms. The van der Waals surface area contributed by atoms with E-state index in [-0.39, 0.29) is 11.7 Å². The Bertz CT molecular complexity index is 1210. The summed E-state index contributed by atoms with van der Waals surface area (Å²) in [4.78, 5) is 25.7. The first-order valence-electron chi connectivity index (χ1n) is 9.04. The Hall–Kier alpha value is -2.96. The topological polar surface area (TPSA) is 64.0 Å². The minimum atomic E-state index is -0.181. The number of amides is 1. The van der Waals surface area contributed by atoms with Crippen LogP contribution in [0.3, 0.4) is 0 Å². The van der Waals surface area contributed by atoms with Crippen LogP contribution in [0.1, 0.15) is 38.2 Å². The number of nitrogens with zero attached hydrogens (tertiary/aromatic N) is 2. The minimum absolute atomic E-state index is 0.00639. The summed E-state index contributed by atoms with van der Waals surface area (Å²) in [6.07, 6.45) is 0. The van der Waals surface area contributed by atoms with Crippen LogP contribution in [0.15, 0.2) is 54.6 Å². The largest absolute Gasteiger partial charge is 0.321 e. The monoisotopic (exact) mass is 423 g/mol. The van der Waals surface area contributed by atoms with Crippen molar-refractivity contribution < 1.29 is 9.59 Å². The molecule has 4 aromatic rings. The van der Waals surface area contributed by atoms with Crippen molar-refractivity contribution in [3.8, 4) is 0 Å². The van der Waals surface area contributed by atoms with Crippen molar-refractivity contribution in [3.63, 3.8) is 0 Å². The molecule has 7 heteroatoms. The van der Waals surface area contributed by atoms with Gasteiger partial charge in [-0.15, -0.1) is 11.3 Å². The molecule has 1 N–H and O–H groups in total. The maximum Gasteiger partial charge on any atom is 0.265 e. The number of hydrogen-bond acceptors (Lipinski definition) is 4. The van der Waals surface area contributed by atoms with Crippen molar-refractivity contribution in [2.45, 2.75) is 20.4 Å². The molecular formula is C22H18ClN3O2S. The highest BCUT2D eigenvalue weighted by Crippen LogP contribution is 2.29. The third kappa shape index (κ3) is 4.09. The van der Waals surface area contributed by atoms with E-state index >= 15 is 0 Å². The molecule has 0 fully saturated rings. The number of hydrogen-bond donors (Lipinski definition) is 1. The Balaban J connectivity index is 1.57. The van der Waals surface area contributed by atoms with Crippen molar-refractivity contribution in [1.29, 1.82) is 0 Å². The van der Waals surface area contributed by atoms with Crippen LogP contribution in [-0.4, -0.2) is 21.5 Å². The summed E-state index contributed by atoms with van der Waals surface area (Å²) in [5.41, 5.74) is 3.23. The average molecular weight is 424 g/mol. The molecule has 0 aliphatic rings. The van der Waals surface area contributed by atoms with Gasteiger partial charge in [-0.3, -0.25) is 14.3 Å². The zero-order valence-electron chi connectivity index (χ0n) is 15.9. The number of anilines is 1. The first-order chi connectivity index (χ1) is 13.9. The van der Waals surface area contributed by atoms with E-state index in [2.05, 4.69) is 10.4 Å². The number of rotatable bonds is 5. The van der Waals surface area contributed by atoms with Crippen LogP contribution >= 0.6 is 22.9 Å². The summed E-state index contributed by atoms with van der Waals surface area (Å²) in [6.45, 7) is 4.06. The number of aromatic nitrogens is 2. The van der Waals surface area contributed by atoms with Crippen molar-refractivity contribution in [2.24, 2.45) is 0 Å². The zero-order valence-corrected chi connectivity index (χ0v) is 17.5. The number of carbonyl (C=O) groups is 2. The van der Waals surface area contributed by atoms with E-state index in [4.69, 9.17) is 11.6 Å². The summed E-state index contributed by atoms with van der Waals surface area (Å²) in [7, 11) is 0. The van der Waals surface area contributed by atoms with E-state index in [1.807, 2.05) is 41.9 Å². The van der Waals surface area contributed by atoms with Gasteiger partial charge in [-0.05, 0) is 61.9 Å². The molecule has 29 heavy (non-hydrogen) atoms. The van der Waals surface area contributed by atoms with Gasteiger partial charge in [-0.25, -0.2) is 0 Å². The van der Waals surface area contributed by atoms with Gasteiger partial charge in [0.25, 0.3) is 5.91 Å². The molecule has 4 rings (SSSR count). The summed E-state index contributed by atoms with van der Waals surface area (Å²) >= 11 is 7.37. The Kier molecular flexibility index (Phi) is 5.22. The lowest BCUT2D eigenvalue weighted by atomic mass is 10.1. The van der Waals surface area contributed by atoms with Crippen LogP contribution in [0.4, 0.5) is 5.69 Å². The van der Waals surface area contributed by atoms with Crippen LogP contribution in [-0.2, 0) is 6.54 Å². The molecule has 0 atom stereocenters. The molecule has 2 aromatic heterocycles. The minimum Gasteiger partial charge on any atom is -0.321 e. The van der Waals surface area contributed by atoms with Gasteiger partial charge in [0.2, 0.25) is 0 Å². The molecule has 5 nitrogen and oxygen atoms in total. The highest BCUT2D eigenvalue weighted by atomic mass is 35.5. The van der Waals surface area contributed by atoms with Gasteiger partial charge in [0.05, 0.1) is 17.1 Å². The second-order valence-corrected chi connectivity index (χ2v) is 8.25. The van der Waals surface area contributed by atoms with Crippen molar-refractivity contribution in [2.75, 3.05) is 5.32 Å². The Morgan fingerprint density at radius 1 is 1.10 bits per heavy atom. The highest BCUT2D eigenvalue weighted by Gasteiger charge is 2.17. The summed E-state index contributed by atoms with van der Waals surface area (Å²) in [5.74, 6) is -0.188. The van der Waals surface area contributed by atoms with Crippen LogP contribution in [0.5, 0.6) is 0 Å². The molecule has 2 heterocycles. The van der Waals surface area contributed by atoms with E-state index in [0.717, 1.165) is 21.5 Å². The second-order valence-electron chi connectivity index (χ2n) is 6.79. The number of thiophene rings is 1. The van der Waals surface area contributed by atoms with Crippen LogP contribution < -0.4 is 5.32 Å². The molecule has 146 valence electrons. The number of nitrogens with one attached hydrogen (secondary N) is 1. The number of carbonyl (C=O) groups excluding carboxylic acids is 2. The summed E-state index contributed by atoms with van der Waals surface area (Å²) < 4.78 is 1.91. The van der Waals surface area contributed by atoms with Crippen LogP contribution in [0, 0.1) is 6.92 Å². The normalized spacial score (nSPS) is 11.0. The van der Waals surface area contributed by atoms with Gasteiger partial charge in [-0.2, -0.15) is 5.10 Å². The average Bonchev–Trinajstić information content (AvgIpc) is 3.26. The number of fused-ring (bicyclic) bond motifs is 1. The quantitative estimate of drug-likeness (QED) is 0.427. The fourth-order valence-electron chi connectivity index (χ4n) is 3.08. The van der Waals surface area contributed by atoms with Gasteiger partial charge < -0.3 is 5.32 Å². The lowest BCUT2D eigenvalue weighted by Crippen LogP contribution is -2.10. The highest BCUT2D eigenvalue weighted by molar-refractivity contribution is 7.20. The van der Waals surface area contributed by atoms with E-state index in [9.17, 15) is 9.59 Å². The number of ketones is 1. The fraction of sp³-hybridized carbons (Fsp3) is 0.136. The van der Waals surface area contributed by atoms with Crippen LogP contribution in [0.2, 0.25) is 5.02 Å². The van der Waals surface area contributed by atoms with Crippen molar-refractivity contribution in [3.05, 3.63) is 81.3 Å². The van der Waals surface area contributed by atoms with Crippen molar-refractivity contribution in [1.82, 2.24) is 9.78 Å². The van der Waals surface area contributed by atoms with E-state index in [0.29, 0.717) is 27.7 Å². The van der Waals surface area contributed by atoms with E-state index in [1.165, 1.54) is 18.3 Å². The standard InChI is InChI=1S/C22H18ClN3O2S/c1-13-19-11-20(21(28)24-18-9-5-16(6-10-18)14(2)27)29-22(19)26(25-13)12-15-3-7-17(23)8-4-15/h3-11H,12H2,1-2H3,(H,24,28). The second kappa shape index (κ2) is 7.81. The lowest BCUT2D eigenvalue weighted by molar-refractivity contribution is 0.101. The molecule has 0 bridgehead atoms. The number of halogens is 1. The predicted molar refractivity (Wildman–Crippen MR) is 117 cm³/mol. The molecule has 0 saturated heterocycles.